The van der Waals surface area contributed by atoms with E-state index in [0.29, 0.717) is 11.5 Å². The Balaban J connectivity index is 2.37. The number of allylic oxidation sites excluding steroid dienone is 6. The Morgan fingerprint density at radius 3 is 2.68 bits per heavy atom. The van der Waals surface area contributed by atoms with Crippen molar-refractivity contribution in [3.63, 3.8) is 0 Å². The van der Waals surface area contributed by atoms with Gasteiger partial charge in [0.1, 0.15) is 0 Å². The first-order chi connectivity index (χ1) is 12.1. The number of halogens is 1. The second-order valence-corrected chi connectivity index (χ2v) is 6.93. The van der Waals surface area contributed by atoms with Gasteiger partial charge in [-0.05, 0) is 25.7 Å². The minimum Gasteiger partial charge on any atom is -0.469 e. The van der Waals surface area contributed by atoms with Gasteiger partial charge in [0.2, 0.25) is 5.78 Å². The maximum atomic E-state index is 12.2. The molecule has 0 saturated carbocycles. The predicted molar refractivity (Wildman–Crippen MR) is 104 cm³/mol. The number of carbonyl (C=O) groups is 2. The van der Waals surface area contributed by atoms with Crippen LogP contribution in [0.25, 0.3) is 0 Å². The van der Waals surface area contributed by atoms with Crippen LogP contribution in [0.1, 0.15) is 71.1 Å². The number of esters is 1. The molecule has 1 atom stereocenters. The molecule has 1 aliphatic rings. The minimum absolute atomic E-state index is 0.0319. The summed E-state index contributed by atoms with van der Waals surface area (Å²) in [7, 11) is 1.42. The lowest BCUT2D eigenvalue weighted by molar-refractivity contribution is -0.140. The Kier molecular flexibility index (Phi) is 11.2. The summed E-state index contributed by atoms with van der Waals surface area (Å²) in [4.78, 5) is 23.2. The molecule has 1 rings (SSSR count). The number of rotatable bonds is 12. The van der Waals surface area contributed by atoms with Gasteiger partial charge in [-0.1, -0.05) is 74.9 Å². The summed E-state index contributed by atoms with van der Waals surface area (Å²) in [5.41, 5.74) is 0.811. The first-order valence-electron chi connectivity index (χ1n) is 9.45. The lowest BCUT2D eigenvalue weighted by Crippen LogP contribution is -2.04. The number of hydrogen-bond acceptors (Lipinski definition) is 3. The zero-order chi connectivity index (χ0) is 18.5. The highest BCUT2D eigenvalue weighted by molar-refractivity contribution is 6.46. The molecule has 0 heterocycles. The molecule has 0 fully saturated rings. The molecule has 0 bridgehead atoms. The third-order valence-corrected chi connectivity index (χ3v) is 4.78. The number of ether oxygens (including phenoxy) is 1. The molecule has 140 valence electrons. The van der Waals surface area contributed by atoms with Crippen molar-refractivity contribution in [2.45, 2.75) is 71.1 Å². The third kappa shape index (κ3) is 8.53. The van der Waals surface area contributed by atoms with Crippen molar-refractivity contribution in [3.05, 3.63) is 34.9 Å². The van der Waals surface area contributed by atoms with Gasteiger partial charge >= 0.3 is 5.97 Å². The van der Waals surface area contributed by atoms with Gasteiger partial charge < -0.3 is 4.74 Å². The van der Waals surface area contributed by atoms with Crippen LogP contribution >= 0.6 is 11.6 Å². The van der Waals surface area contributed by atoms with E-state index in [1.807, 2.05) is 18.2 Å². The monoisotopic (exact) mass is 366 g/mol. The average molecular weight is 367 g/mol. The second kappa shape index (κ2) is 12.9. The highest BCUT2D eigenvalue weighted by Crippen LogP contribution is 2.33. The van der Waals surface area contributed by atoms with Gasteiger partial charge in [0.25, 0.3) is 0 Å². The van der Waals surface area contributed by atoms with E-state index in [2.05, 4.69) is 17.7 Å². The molecular formula is C21H31ClO3. The lowest BCUT2D eigenvalue weighted by atomic mass is 9.94. The second-order valence-electron chi connectivity index (χ2n) is 6.53. The fourth-order valence-corrected chi connectivity index (χ4v) is 3.22. The maximum Gasteiger partial charge on any atom is 0.305 e. The molecular weight excluding hydrogens is 336 g/mol. The number of ketones is 1. The van der Waals surface area contributed by atoms with Crippen molar-refractivity contribution in [2.75, 3.05) is 7.11 Å². The highest BCUT2D eigenvalue weighted by atomic mass is 35.5. The normalized spacial score (nSPS) is 19.0. The number of methoxy groups -OCH3 is 1. The number of unbranched alkanes of at least 4 members (excludes halogenated alkanes) is 6. The molecule has 0 spiro atoms. The standard InChI is InChI=1S/C21H31ClO3/c1-3-4-5-6-7-11-14-18-17(16-19(22)21(18)24)13-10-8-9-12-15-20(23)25-2/h7,11,14,16-17H,3-6,8-10,12-13,15H2,1-2H3. The SMILES string of the molecule is CCCCCC=CC=C1C(=O)C(Cl)=CC1CCCCCCC(=O)OC. The van der Waals surface area contributed by atoms with Crippen LogP contribution in [-0.2, 0) is 14.3 Å². The summed E-state index contributed by atoms with van der Waals surface area (Å²) in [6.07, 6.45) is 18.0. The molecule has 0 saturated heterocycles. The first kappa shape index (κ1) is 21.7. The molecule has 0 radical (unpaired) electrons. The molecule has 0 aliphatic heterocycles. The van der Waals surface area contributed by atoms with Gasteiger partial charge in [0.15, 0.2) is 0 Å². The quantitative estimate of drug-likeness (QED) is 0.246. The molecule has 0 amide bonds. The summed E-state index contributed by atoms with van der Waals surface area (Å²) in [6, 6.07) is 0. The Labute approximate surface area is 157 Å². The third-order valence-electron chi connectivity index (χ3n) is 4.49. The van der Waals surface area contributed by atoms with Crippen LogP contribution < -0.4 is 0 Å². The molecule has 0 aromatic carbocycles. The summed E-state index contributed by atoms with van der Waals surface area (Å²) in [6.45, 7) is 2.19. The molecule has 25 heavy (non-hydrogen) atoms. The topological polar surface area (TPSA) is 43.4 Å². The van der Waals surface area contributed by atoms with Crippen molar-refractivity contribution in [3.8, 4) is 0 Å². The Morgan fingerprint density at radius 2 is 1.96 bits per heavy atom. The van der Waals surface area contributed by atoms with E-state index >= 15 is 0 Å². The van der Waals surface area contributed by atoms with E-state index in [1.54, 1.807) is 0 Å². The largest absolute Gasteiger partial charge is 0.469 e. The number of hydrogen-bond donors (Lipinski definition) is 0. The molecule has 1 aliphatic carbocycles. The summed E-state index contributed by atoms with van der Waals surface area (Å²) in [5.74, 6) is -0.0523. The Hall–Kier alpha value is -1.35. The maximum absolute atomic E-state index is 12.2. The van der Waals surface area contributed by atoms with Crippen molar-refractivity contribution < 1.29 is 14.3 Å². The Morgan fingerprint density at radius 1 is 1.20 bits per heavy atom. The fourth-order valence-electron chi connectivity index (χ4n) is 2.96. The molecule has 0 aromatic heterocycles. The van der Waals surface area contributed by atoms with Crippen molar-refractivity contribution in [1.82, 2.24) is 0 Å². The zero-order valence-electron chi connectivity index (χ0n) is 15.6. The predicted octanol–water partition coefficient (Wildman–Crippen LogP) is 5.88. The highest BCUT2D eigenvalue weighted by Gasteiger charge is 2.27. The smallest absolute Gasteiger partial charge is 0.305 e. The van der Waals surface area contributed by atoms with Crippen LogP contribution in [0.2, 0.25) is 0 Å². The van der Waals surface area contributed by atoms with Crippen LogP contribution in [0.5, 0.6) is 0 Å². The number of carbonyl (C=O) groups excluding carboxylic acids is 2. The lowest BCUT2D eigenvalue weighted by Gasteiger charge is -2.09. The number of Topliss-reactive ketones (excluding diaryl/α,β-unsaturated/α-hetero) is 1. The average Bonchev–Trinajstić information content (AvgIpc) is 2.88. The summed E-state index contributed by atoms with van der Waals surface area (Å²) in [5, 5.41) is 0.348. The molecule has 0 aromatic rings. The van der Waals surface area contributed by atoms with E-state index in [-0.39, 0.29) is 17.7 Å². The molecule has 4 heteroatoms. The molecule has 3 nitrogen and oxygen atoms in total. The van der Waals surface area contributed by atoms with Crippen LogP contribution in [0.4, 0.5) is 0 Å². The molecule has 1 unspecified atom stereocenters. The van der Waals surface area contributed by atoms with E-state index < -0.39 is 0 Å². The van der Waals surface area contributed by atoms with Gasteiger partial charge in [-0.2, -0.15) is 0 Å². The van der Waals surface area contributed by atoms with Gasteiger partial charge in [-0.15, -0.1) is 0 Å². The minimum atomic E-state index is -0.146. The van der Waals surface area contributed by atoms with Gasteiger partial charge in [0.05, 0.1) is 12.1 Å². The van der Waals surface area contributed by atoms with Gasteiger partial charge in [-0.3, -0.25) is 9.59 Å². The van der Waals surface area contributed by atoms with E-state index in [0.717, 1.165) is 44.1 Å². The van der Waals surface area contributed by atoms with E-state index in [1.165, 1.54) is 26.4 Å². The van der Waals surface area contributed by atoms with Crippen LogP contribution in [0.15, 0.2) is 34.9 Å². The van der Waals surface area contributed by atoms with Gasteiger partial charge in [-0.25, -0.2) is 0 Å². The fraction of sp³-hybridized carbons (Fsp3) is 0.619. The van der Waals surface area contributed by atoms with Crippen LogP contribution in [-0.4, -0.2) is 18.9 Å². The van der Waals surface area contributed by atoms with Crippen molar-refractivity contribution >= 4 is 23.4 Å². The van der Waals surface area contributed by atoms with Crippen LogP contribution in [0, 0.1) is 5.92 Å². The molecule has 0 N–H and O–H groups in total. The zero-order valence-corrected chi connectivity index (χ0v) is 16.3. The van der Waals surface area contributed by atoms with Gasteiger partial charge in [0, 0.05) is 17.9 Å². The van der Waals surface area contributed by atoms with Crippen LogP contribution in [0.3, 0.4) is 0 Å². The summed E-state index contributed by atoms with van der Waals surface area (Å²) < 4.78 is 4.63. The van der Waals surface area contributed by atoms with Crippen molar-refractivity contribution in [2.24, 2.45) is 5.92 Å². The van der Waals surface area contributed by atoms with E-state index in [4.69, 9.17) is 11.6 Å². The first-order valence-corrected chi connectivity index (χ1v) is 9.83. The summed E-state index contributed by atoms with van der Waals surface area (Å²) >= 11 is 6.04. The van der Waals surface area contributed by atoms with E-state index in [9.17, 15) is 9.59 Å². The Bertz CT molecular complexity index is 517. The van der Waals surface area contributed by atoms with Crippen molar-refractivity contribution in [1.29, 1.82) is 0 Å².